The quantitative estimate of drug-likeness (QED) is 0.477. The van der Waals surface area contributed by atoms with Crippen molar-refractivity contribution in [2.75, 3.05) is 0 Å². The molecule has 0 saturated heterocycles. The van der Waals surface area contributed by atoms with Crippen LogP contribution >= 0.6 is 0 Å². The minimum atomic E-state index is 0.841. The van der Waals surface area contributed by atoms with E-state index >= 15 is 0 Å². The first-order valence-corrected chi connectivity index (χ1v) is 5.05. The van der Waals surface area contributed by atoms with Crippen molar-refractivity contribution in [2.24, 2.45) is 0 Å². The van der Waals surface area contributed by atoms with Crippen molar-refractivity contribution in [3.05, 3.63) is 36.3 Å². The largest absolute Gasteiger partial charge is 0.466 e. The standard InChI is InChI=1S/C12H18O/c1-3-5-6-8-12-10-9-11(13-12)7-4-2/h4,9-10H,2-3,5-8H2,1H3. The Labute approximate surface area is 80.5 Å². The number of aryl methyl sites for hydroxylation is 1. The molecule has 0 aromatic carbocycles. The topological polar surface area (TPSA) is 13.1 Å². The number of hydrogen-bond acceptors (Lipinski definition) is 1. The molecule has 0 N–H and O–H groups in total. The fourth-order valence-corrected chi connectivity index (χ4v) is 1.36. The van der Waals surface area contributed by atoms with Crippen molar-refractivity contribution in [1.29, 1.82) is 0 Å². The second-order valence-corrected chi connectivity index (χ2v) is 3.32. The lowest BCUT2D eigenvalue weighted by atomic mass is 10.2. The lowest BCUT2D eigenvalue weighted by Gasteiger charge is -1.95. The third-order valence-electron chi connectivity index (χ3n) is 2.09. The smallest absolute Gasteiger partial charge is 0.107 e. The molecule has 13 heavy (non-hydrogen) atoms. The Bertz CT molecular complexity index is 247. The Morgan fingerprint density at radius 3 is 2.77 bits per heavy atom. The van der Waals surface area contributed by atoms with Gasteiger partial charge in [-0.05, 0) is 18.6 Å². The van der Waals surface area contributed by atoms with E-state index in [1.807, 2.05) is 12.1 Å². The van der Waals surface area contributed by atoms with E-state index in [-0.39, 0.29) is 0 Å². The Morgan fingerprint density at radius 1 is 1.31 bits per heavy atom. The highest BCUT2D eigenvalue weighted by Crippen LogP contribution is 2.12. The van der Waals surface area contributed by atoms with Crippen LogP contribution in [0.2, 0.25) is 0 Å². The molecule has 0 atom stereocenters. The molecular formula is C12H18O. The van der Waals surface area contributed by atoms with Crippen molar-refractivity contribution < 1.29 is 4.42 Å². The maximum atomic E-state index is 5.60. The predicted octanol–water partition coefficient (Wildman–Crippen LogP) is 3.74. The summed E-state index contributed by atoms with van der Waals surface area (Å²) in [6.07, 6.45) is 7.57. The fourth-order valence-electron chi connectivity index (χ4n) is 1.36. The van der Waals surface area contributed by atoms with E-state index in [0.717, 1.165) is 24.4 Å². The van der Waals surface area contributed by atoms with E-state index in [0.29, 0.717) is 0 Å². The minimum absolute atomic E-state index is 0.841. The minimum Gasteiger partial charge on any atom is -0.466 e. The van der Waals surface area contributed by atoms with Gasteiger partial charge in [-0.2, -0.15) is 0 Å². The highest BCUT2D eigenvalue weighted by molar-refractivity contribution is 5.09. The predicted molar refractivity (Wildman–Crippen MR) is 55.8 cm³/mol. The SMILES string of the molecule is C=CCc1ccc(CCCCC)o1. The van der Waals surface area contributed by atoms with E-state index < -0.39 is 0 Å². The molecule has 1 rings (SSSR count). The average molecular weight is 178 g/mol. The summed E-state index contributed by atoms with van der Waals surface area (Å²) in [4.78, 5) is 0. The van der Waals surface area contributed by atoms with E-state index in [4.69, 9.17) is 4.42 Å². The van der Waals surface area contributed by atoms with Gasteiger partial charge in [-0.3, -0.25) is 0 Å². The summed E-state index contributed by atoms with van der Waals surface area (Å²) in [5.74, 6) is 2.15. The van der Waals surface area contributed by atoms with Crippen molar-refractivity contribution in [3.63, 3.8) is 0 Å². The summed E-state index contributed by atoms with van der Waals surface area (Å²) in [6.45, 7) is 5.89. The highest BCUT2D eigenvalue weighted by Gasteiger charge is 1.99. The molecule has 0 saturated carbocycles. The third kappa shape index (κ3) is 3.49. The normalized spacial score (nSPS) is 10.2. The molecule has 0 aliphatic heterocycles. The first-order chi connectivity index (χ1) is 6.36. The van der Waals surface area contributed by atoms with Crippen LogP contribution in [0.3, 0.4) is 0 Å². The Balaban J connectivity index is 2.35. The zero-order valence-corrected chi connectivity index (χ0v) is 8.38. The highest BCUT2D eigenvalue weighted by atomic mass is 16.3. The van der Waals surface area contributed by atoms with Crippen molar-refractivity contribution >= 4 is 0 Å². The molecule has 1 heterocycles. The van der Waals surface area contributed by atoms with Crippen LogP contribution in [0.1, 0.15) is 37.7 Å². The summed E-state index contributed by atoms with van der Waals surface area (Å²) in [5, 5.41) is 0. The van der Waals surface area contributed by atoms with Gasteiger partial charge in [0.1, 0.15) is 11.5 Å². The van der Waals surface area contributed by atoms with Crippen molar-refractivity contribution in [3.8, 4) is 0 Å². The van der Waals surface area contributed by atoms with Gasteiger partial charge in [-0.25, -0.2) is 0 Å². The molecule has 0 bridgehead atoms. The molecular weight excluding hydrogens is 160 g/mol. The van der Waals surface area contributed by atoms with E-state index in [9.17, 15) is 0 Å². The van der Waals surface area contributed by atoms with Gasteiger partial charge in [-0.15, -0.1) is 6.58 Å². The van der Waals surface area contributed by atoms with Crippen LogP contribution in [-0.2, 0) is 12.8 Å². The van der Waals surface area contributed by atoms with Gasteiger partial charge in [0.05, 0.1) is 0 Å². The molecule has 72 valence electrons. The zero-order valence-electron chi connectivity index (χ0n) is 8.38. The van der Waals surface area contributed by atoms with Gasteiger partial charge in [0.2, 0.25) is 0 Å². The summed E-state index contributed by atoms with van der Waals surface area (Å²) < 4.78 is 5.60. The van der Waals surface area contributed by atoms with E-state index in [2.05, 4.69) is 19.6 Å². The maximum absolute atomic E-state index is 5.60. The van der Waals surface area contributed by atoms with Gasteiger partial charge < -0.3 is 4.42 Å². The van der Waals surface area contributed by atoms with Gasteiger partial charge in [0.15, 0.2) is 0 Å². The van der Waals surface area contributed by atoms with E-state index in [1.165, 1.54) is 19.3 Å². The second kappa shape index (κ2) is 5.63. The summed E-state index contributed by atoms with van der Waals surface area (Å²) in [6, 6.07) is 4.12. The Hall–Kier alpha value is -0.980. The van der Waals surface area contributed by atoms with E-state index in [1.54, 1.807) is 0 Å². The maximum Gasteiger partial charge on any atom is 0.107 e. The van der Waals surface area contributed by atoms with Crippen molar-refractivity contribution in [2.45, 2.75) is 39.0 Å². The van der Waals surface area contributed by atoms with Crippen LogP contribution in [0, 0.1) is 0 Å². The summed E-state index contributed by atoms with van der Waals surface area (Å²) in [7, 11) is 0. The van der Waals surface area contributed by atoms with Gasteiger partial charge in [-0.1, -0.05) is 25.8 Å². The third-order valence-corrected chi connectivity index (χ3v) is 2.09. The number of allylic oxidation sites excluding steroid dienone is 1. The number of rotatable bonds is 6. The van der Waals surface area contributed by atoms with Crippen LogP contribution < -0.4 is 0 Å². The second-order valence-electron chi connectivity index (χ2n) is 3.32. The number of furan rings is 1. The zero-order chi connectivity index (χ0) is 9.52. The molecule has 1 heteroatoms. The molecule has 1 aromatic heterocycles. The first-order valence-electron chi connectivity index (χ1n) is 5.05. The van der Waals surface area contributed by atoms with Gasteiger partial charge in [0.25, 0.3) is 0 Å². The molecule has 0 aliphatic carbocycles. The van der Waals surface area contributed by atoms with Crippen molar-refractivity contribution in [1.82, 2.24) is 0 Å². The molecule has 0 unspecified atom stereocenters. The fraction of sp³-hybridized carbons (Fsp3) is 0.500. The van der Waals surface area contributed by atoms with Crippen LogP contribution in [0.15, 0.2) is 29.2 Å². The summed E-state index contributed by atoms with van der Waals surface area (Å²) >= 11 is 0. The van der Waals surface area contributed by atoms with Crippen LogP contribution in [0.4, 0.5) is 0 Å². The lowest BCUT2D eigenvalue weighted by molar-refractivity contribution is 0.465. The van der Waals surface area contributed by atoms with Crippen LogP contribution in [0.25, 0.3) is 0 Å². The van der Waals surface area contributed by atoms with Crippen LogP contribution in [0.5, 0.6) is 0 Å². The van der Waals surface area contributed by atoms with Gasteiger partial charge in [0, 0.05) is 12.8 Å². The van der Waals surface area contributed by atoms with Crippen LogP contribution in [-0.4, -0.2) is 0 Å². The molecule has 1 nitrogen and oxygen atoms in total. The molecule has 0 amide bonds. The Morgan fingerprint density at radius 2 is 2.08 bits per heavy atom. The summed E-state index contributed by atoms with van der Waals surface area (Å²) in [5.41, 5.74) is 0. The van der Waals surface area contributed by atoms with Gasteiger partial charge >= 0.3 is 0 Å². The number of hydrogen-bond donors (Lipinski definition) is 0. The molecule has 1 aromatic rings. The Kier molecular flexibility index (Phi) is 4.37. The first kappa shape index (κ1) is 10.1. The molecule has 0 spiro atoms. The molecule has 0 radical (unpaired) electrons. The number of unbranched alkanes of at least 4 members (excludes halogenated alkanes) is 2. The monoisotopic (exact) mass is 178 g/mol. The lowest BCUT2D eigenvalue weighted by Crippen LogP contribution is -1.81. The molecule has 0 aliphatic rings. The average Bonchev–Trinajstić information content (AvgIpc) is 2.54. The molecule has 0 fully saturated rings.